The predicted octanol–water partition coefficient (Wildman–Crippen LogP) is 2.01. The molecule has 0 atom stereocenters. The smallest absolute Gasteiger partial charge is 0.165 e. The lowest BCUT2D eigenvalue weighted by molar-refractivity contribution is 0.475. The van der Waals surface area contributed by atoms with E-state index in [1.54, 1.807) is 12.3 Å². The van der Waals surface area contributed by atoms with Crippen LogP contribution in [0.4, 0.5) is 5.82 Å². The molecule has 0 aliphatic rings. The standard InChI is InChI=1S/C9H11ClN2O/c10-4-2-1-3-7-5-8(13)9(11)12-6-7/h1,3,5-6,13H,2,4H2,(H2,11,12). The minimum atomic E-state index is 0.00743. The van der Waals surface area contributed by atoms with Crippen molar-refractivity contribution in [1.82, 2.24) is 4.98 Å². The molecule has 0 aliphatic heterocycles. The van der Waals surface area contributed by atoms with Crippen molar-refractivity contribution < 1.29 is 5.11 Å². The normalized spacial score (nSPS) is 10.8. The highest BCUT2D eigenvalue weighted by atomic mass is 35.5. The third-order valence-electron chi connectivity index (χ3n) is 1.50. The molecular formula is C9H11ClN2O. The third kappa shape index (κ3) is 2.95. The average Bonchev–Trinajstić information content (AvgIpc) is 2.12. The van der Waals surface area contributed by atoms with Crippen LogP contribution >= 0.6 is 11.6 Å². The summed E-state index contributed by atoms with van der Waals surface area (Å²) in [6.45, 7) is 0. The van der Waals surface area contributed by atoms with Gasteiger partial charge >= 0.3 is 0 Å². The van der Waals surface area contributed by atoms with Crippen molar-refractivity contribution in [1.29, 1.82) is 0 Å². The van der Waals surface area contributed by atoms with E-state index in [0.29, 0.717) is 5.88 Å². The van der Waals surface area contributed by atoms with Crippen LogP contribution in [0.15, 0.2) is 18.3 Å². The maximum atomic E-state index is 9.21. The van der Waals surface area contributed by atoms with Crippen molar-refractivity contribution >= 4 is 23.5 Å². The summed E-state index contributed by atoms with van der Waals surface area (Å²) in [5.74, 6) is 0.743. The third-order valence-corrected chi connectivity index (χ3v) is 1.72. The van der Waals surface area contributed by atoms with Crippen LogP contribution in [0.5, 0.6) is 5.75 Å². The summed E-state index contributed by atoms with van der Waals surface area (Å²) < 4.78 is 0. The zero-order valence-corrected chi connectivity index (χ0v) is 7.83. The summed E-state index contributed by atoms with van der Waals surface area (Å²) in [4.78, 5) is 3.80. The van der Waals surface area contributed by atoms with Gasteiger partial charge in [-0.1, -0.05) is 12.2 Å². The number of rotatable bonds is 3. The van der Waals surface area contributed by atoms with Gasteiger partial charge in [0, 0.05) is 12.1 Å². The Morgan fingerprint density at radius 2 is 2.38 bits per heavy atom. The maximum Gasteiger partial charge on any atom is 0.165 e. The number of hydrogen-bond donors (Lipinski definition) is 2. The van der Waals surface area contributed by atoms with Gasteiger partial charge in [-0.3, -0.25) is 0 Å². The number of halogens is 1. The second kappa shape index (κ2) is 4.72. The predicted molar refractivity (Wildman–Crippen MR) is 54.7 cm³/mol. The SMILES string of the molecule is Nc1ncc(C=CCCCl)cc1O. The molecular weight excluding hydrogens is 188 g/mol. The van der Waals surface area contributed by atoms with E-state index in [0.717, 1.165) is 12.0 Å². The highest BCUT2D eigenvalue weighted by Crippen LogP contribution is 2.18. The minimum Gasteiger partial charge on any atom is -0.504 e. The van der Waals surface area contributed by atoms with Gasteiger partial charge in [-0.2, -0.15) is 0 Å². The molecule has 0 saturated heterocycles. The van der Waals surface area contributed by atoms with Gasteiger partial charge in [-0.15, -0.1) is 11.6 Å². The molecule has 0 spiro atoms. The number of aromatic hydroxyl groups is 1. The van der Waals surface area contributed by atoms with Crippen molar-refractivity contribution in [2.75, 3.05) is 11.6 Å². The van der Waals surface area contributed by atoms with Crippen molar-refractivity contribution in [3.05, 3.63) is 23.9 Å². The quantitative estimate of drug-likeness (QED) is 0.731. The second-order valence-electron chi connectivity index (χ2n) is 2.55. The first-order chi connectivity index (χ1) is 6.24. The fourth-order valence-electron chi connectivity index (χ4n) is 0.853. The Labute approximate surface area is 81.9 Å². The summed E-state index contributed by atoms with van der Waals surface area (Å²) in [5, 5.41) is 9.21. The van der Waals surface area contributed by atoms with Crippen molar-refractivity contribution in [3.63, 3.8) is 0 Å². The summed E-state index contributed by atoms with van der Waals surface area (Å²) in [6, 6.07) is 1.56. The number of pyridine rings is 1. The second-order valence-corrected chi connectivity index (χ2v) is 2.93. The highest BCUT2D eigenvalue weighted by molar-refractivity contribution is 6.17. The van der Waals surface area contributed by atoms with Gasteiger partial charge in [0.1, 0.15) is 0 Å². The van der Waals surface area contributed by atoms with E-state index in [1.165, 1.54) is 0 Å². The van der Waals surface area contributed by atoms with Crippen LogP contribution in [-0.2, 0) is 0 Å². The Kier molecular flexibility index (Phi) is 3.58. The average molecular weight is 199 g/mol. The first-order valence-electron chi connectivity index (χ1n) is 3.91. The fraction of sp³-hybridized carbons (Fsp3) is 0.222. The van der Waals surface area contributed by atoms with E-state index in [9.17, 15) is 5.11 Å². The van der Waals surface area contributed by atoms with Crippen LogP contribution < -0.4 is 5.73 Å². The Balaban J connectivity index is 2.73. The van der Waals surface area contributed by atoms with Gasteiger partial charge in [-0.25, -0.2) is 4.98 Å². The molecule has 70 valence electrons. The first kappa shape index (κ1) is 9.86. The highest BCUT2D eigenvalue weighted by Gasteiger charge is 1.96. The molecule has 1 aromatic heterocycles. The van der Waals surface area contributed by atoms with Gasteiger partial charge in [0.15, 0.2) is 11.6 Å². The van der Waals surface area contributed by atoms with Crippen LogP contribution in [0.3, 0.4) is 0 Å². The van der Waals surface area contributed by atoms with E-state index < -0.39 is 0 Å². The van der Waals surface area contributed by atoms with Crippen molar-refractivity contribution in [3.8, 4) is 5.75 Å². The minimum absolute atomic E-state index is 0.00743. The number of nitrogens with two attached hydrogens (primary N) is 1. The maximum absolute atomic E-state index is 9.21. The van der Waals surface area contributed by atoms with Crippen LogP contribution in [0, 0.1) is 0 Å². The Hall–Kier alpha value is -1.22. The number of hydrogen-bond acceptors (Lipinski definition) is 3. The summed E-state index contributed by atoms with van der Waals surface area (Å²) in [6.07, 6.45) is 6.15. The molecule has 0 amide bonds. The molecule has 4 heteroatoms. The van der Waals surface area contributed by atoms with E-state index in [4.69, 9.17) is 17.3 Å². The zero-order valence-electron chi connectivity index (χ0n) is 7.07. The van der Waals surface area contributed by atoms with E-state index >= 15 is 0 Å². The number of anilines is 1. The Morgan fingerprint density at radius 3 is 3.00 bits per heavy atom. The lowest BCUT2D eigenvalue weighted by Crippen LogP contribution is -1.90. The molecule has 0 radical (unpaired) electrons. The fourth-order valence-corrected chi connectivity index (χ4v) is 0.979. The number of nitrogen functional groups attached to an aromatic ring is 1. The van der Waals surface area contributed by atoms with Crippen molar-refractivity contribution in [2.24, 2.45) is 0 Å². The monoisotopic (exact) mass is 198 g/mol. The number of aromatic nitrogens is 1. The van der Waals surface area contributed by atoms with Crippen LogP contribution in [0.25, 0.3) is 6.08 Å². The number of alkyl halides is 1. The van der Waals surface area contributed by atoms with Gasteiger partial charge in [0.2, 0.25) is 0 Å². The molecule has 0 aromatic carbocycles. The molecule has 3 N–H and O–H groups in total. The summed E-state index contributed by atoms with van der Waals surface area (Å²) in [7, 11) is 0. The molecule has 3 nitrogen and oxygen atoms in total. The van der Waals surface area contributed by atoms with Gasteiger partial charge in [-0.05, 0) is 18.1 Å². The Bertz CT molecular complexity index is 312. The molecule has 1 heterocycles. The molecule has 13 heavy (non-hydrogen) atoms. The Morgan fingerprint density at radius 1 is 1.62 bits per heavy atom. The summed E-state index contributed by atoms with van der Waals surface area (Å²) >= 11 is 5.49. The molecule has 0 saturated carbocycles. The van der Waals surface area contributed by atoms with E-state index in [-0.39, 0.29) is 11.6 Å². The van der Waals surface area contributed by atoms with Gasteiger partial charge in [0.05, 0.1) is 0 Å². The summed E-state index contributed by atoms with van der Waals surface area (Å²) in [5.41, 5.74) is 6.15. The van der Waals surface area contributed by atoms with E-state index in [1.807, 2.05) is 12.2 Å². The molecule has 0 bridgehead atoms. The van der Waals surface area contributed by atoms with Gasteiger partial charge in [0.25, 0.3) is 0 Å². The lowest BCUT2D eigenvalue weighted by Gasteiger charge is -1.97. The molecule has 1 aromatic rings. The molecule has 0 aliphatic carbocycles. The van der Waals surface area contributed by atoms with Crippen LogP contribution in [0.1, 0.15) is 12.0 Å². The largest absolute Gasteiger partial charge is 0.504 e. The van der Waals surface area contributed by atoms with Crippen molar-refractivity contribution in [2.45, 2.75) is 6.42 Å². The molecule has 0 fully saturated rings. The lowest BCUT2D eigenvalue weighted by atomic mass is 10.2. The van der Waals surface area contributed by atoms with Crippen LogP contribution in [-0.4, -0.2) is 16.0 Å². The van der Waals surface area contributed by atoms with Crippen LogP contribution in [0.2, 0.25) is 0 Å². The molecule has 0 unspecified atom stereocenters. The number of allylic oxidation sites excluding steroid dienone is 1. The zero-order chi connectivity index (χ0) is 9.68. The first-order valence-corrected chi connectivity index (χ1v) is 4.44. The van der Waals surface area contributed by atoms with Gasteiger partial charge < -0.3 is 10.8 Å². The van der Waals surface area contributed by atoms with E-state index in [2.05, 4.69) is 4.98 Å². The topological polar surface area (TPSA) is 59.1 Å². The number of nitrogens with zero attached hydrogens (tertiary/aromatic N) is 1. The molecule has 1 rings (SSSR count).